The Morgan fingerprint density at radius 3 is 2.65 bits per heavy atom. The first-order valence-corrected chi connectivity index (χ1v) is 7.10. The van der Waals surface area contributed by atoms with Gasteiger partial charge in [0.05, 0.1) is 0 Å². The van der Waals surface area contributed by atoms with Gasteiger partial charge >= 0.3 is 0 Å². The van der Waals surface area contributed by atoms with Crippen LogP contribution >= 0.6 is 15.9 Å². The van der Waals surface area contributed by atoms with E-state index in [4.69, 9.17) is 0 Å². The largest absolute Gasteiger partial charge is 0.339 e. The van der Waals surface area contributed by atoms with Crippen LogP contribution in [-0.4, -0.2) is 15.0 Å². The fraction of sp³-hybridized carbons (Fsp3) is 0. The summed E-state index contributed by atoms with van der Waals surface area (Å²) in [5.74, 6) is 0.740. The predicted molar refractivity (Wildman–Crippen MR) is 84.5 cm³/mol. The van der Waals surface area contributed by atoms with Crippen molar-refractivity contribution in [2.45, 2.75) is 0 Å². The highest BCUT2D eigenvalue weighted by molar-refractivity contribution is 9.10. The minimum Gasteiger partial charge on any atom is -0.339 e. The molecule has 0 aliphatic carbocycles. The second-order valence-electron chi connectivity index (χ2n) is 4.64. The van der Waals surface area contributed by atoms with Crippen molar-refractivity contribution >= 4 is 37.9 Å². The van der Waals surface area contributed by atoms with Crippen molar-refractivity contribution in [2.75, 3.05) is 0 Å². The highest BCUT2D eigenvalue weighted by Crippen LogP contribution is 2.27. The Balaban J connectivity index is 1.98. The number of rotatable bonds is 1. The highest BCUT2D eigenvalue weighted by Gasteiger charge is 2.08. The highest BCUT2D eigenvalue weighted by atomic mass is 79.9. The molecule has 0 aliphatic rings. The van der Waals surface area contributed by atoms with Crippen molar-refractivity contribution in [1.82, 2.24) is 15.0 Å². The molecule has 4 heteroatoms. The van der Waals surface area contributed by atoms with E-state index in [1.165, 1.54) is 0 Å². The number of nitrogens with one attached hydrogen (secondary N) is 1. The van der Waals surface area contributed by atoms with E-state index in [-0.39, 0.29) is 0 Å². The zero-order chi connectivity index (χ0) is 13.5. The van der Waals surface area contributed by atoms with E-state index < -0.39 is 0 Å². The summed E-state index contributed by atoms with van der Waals surface area (Å²) in [6.07, 6.45) is 1.88. The van der Waals surface area contributed by atoms with Crippen LogP contribution < -0.4 is 0 Å². The molecule has 4 aromatic rings. The third kappa shape index (κ3) is 1.80. The Kier molecular flexibility index (Phi) is 2.57. The van der Waals surface area contributed by atoms with Crippen LogP contribution in [0.2, 0.25) is 0 Å². The summed E-state index contributed by atoms with van der Waals surface area (Å²) in [5.41, 5.74) is 2.96. The molecule has 0 unspecified atom stereocenters. The van der Waals surface area contributed by atoms with E-state index in [0.29, 0.717) is 0 Å². The van der Waals surface area contributed by atoms with Gasteiger partial charge < -0.3 is 4.98 Å². The summed E-state index contributed by atoms with van der Waals surface area (Å²) >= 11 is 3.50. The Hall–Kier alpha value is -2.20. The number of aromatic nitrogens is 3. The molecule has 0 saturated heterocycles. The van der Waals surface area contributed by atoms with Gasteiger partial charge in [0.2, 0.25) is 0 Å². The average Bonchev–Trinajstić information content (AvgIpc) is 2.85. The third-order valence-corrected chi connectivity index (χ3v) is 3.84. The van der Waals surface area contributed by atoms with Gasteiger partial charge in [-0.05, 0) is 18.2 Å². The maximum absolute atomic E-state index is 4.63. The van der Waals surface area contributed by atoms with E-state index in [9.17, 15) is 0 Å². The van der Waals surface area contributed by atoms with Gasteiger partial charge in [0.15, 0.2) is 5.82 Å². The second kappa shape index (κ2) is 4.42. The molecule has 0 atom stereocenters. The van der Waals surface area contributed by atoms with Crippen LogP contribution in [0.3, 0.4) is 0 Å². The molecule has 0 fully saturated rings. The average molecular weight is 324 g/mol. The summed E-state index contributed by atoms with van der Waals surface area (Å²) in [4.78, 5) is 12.5. The lowest BCUT2D eigenvalue weighted by molar-refractivity contribution is 1.21. The van der Waals surface area contributed by atoms with Gasteiger partial charge in [0.1, 0.15) is 5.65 Å². The lowest BCUT2D eigenvalue weighted by Crippen LogP contribution is -1.88. The molecule has 0 radical (unpaired) electrons. The summed E-state index contributed by atoms with van der Waals surface area (Å²) in [6, 6.07) is 16.1. The van der Waals surface area contributed by atoms with E-state index in [0.717, 1.165) is 37.8 Å². The summed E-state index contributed by atoms with van der Waals surface area (Å²) < 4.78 is 1.05. The molecule has 0 saturated carbocycles. The molecule has 1 N–H and O–H groups in total. The Bertz CT molecular complexity index is 913. The van der Waals surface area contributed by atoms with E-state index in [1.807, 2.05) is 48.7 Å². The van der Waals surface area contributed by atoms with Gasteiger partial charge in [-0.25, -0.2) is 9.97 Å². The predicted octanol–water partition coefficient (Wildman–Crippen LogP) is 4.54. The van der Waals surface area contributed by atoms with Gasteiger partial charge in [0, 0.05) is 32.5 Å². The number of hydrogen-bond donors (Lipinski definition) is 1. The van der Waals surface area contributed by atoms with Crippen LogP contribution in [0.1, 0.15) is 0 Å². The minimum atomic E-state index is 0.740. The van der Waals surface area contributed by atoms with Gasteiger partial charge in [-0.15, -0.1) is 0 Å². The monoisotopic (exact) mass is 323 g/mol. The Morgan fingerprint density at radius 1 is 0.950 bits per heavy atom. The fourth-order valence-electron chi connectivity index (χ4n) is 2.38. The molecule has 2 aromatic carbocycles. The van der Waals surface area contributed by atoms with Crippen LogP contribution in [0.25, 0.3) is 33.3 Å². The number of hydrogen-bond acceptors (Lipinski definition) is 2. The number of H-pyrrole nitrogens is 1. The molecule has 0 amide bonds. The molecule has 2 aromatic heterocycles. The van der Waals surface area contributed by atoms with Crippen LogP contribution in [0.4, 0.5) is 0 Å². The van der Waals surface area contributed by atoms with Crippen LogP contribution in [0, 0.1) is 0 Å². The Morgan fingerprint density at radius 2 is 1.80 bits per heavy atom. The molecule has 96 valence electrons. The number of fused-ring (bicyclic) bond motifs is 3. The van der Waals surface area contributed by atoms with Gasteiger partial charge in [-0.2, -0.15) is 0 Å². The minimum absolute atomic E-state index is 0.740. The lowest BCUT2D eigenvalue weighted by Gasteiger charge is -1.99. The van der Waals surface area contributed by atoms with Crippen molar-refractivity contribution in [1.29, 1.82) is 0 Å². The van der Waals surface area contributed by atoms with Crippen LogP contribution in [-0.2, 0) is 0 Å². The topological polar surface area (TPSA) is 41.6 Å². The molecular formula is C16H10BrN3. The third-order valence-electron chi connectivity index (χ3n) is 3.35. The summed E-state index contributed by atoms with van der Waals surface area (Å²) in [7, 11) is 0. The van der Waals surface area contributed by atoms with Gasteiger partial charge in [-0.3, -0.25) is 0 Å². The van der Waals surface area contributed by atoms with Crippen LogP contribution in [0.5, 0.6) is 0 Å². The molecule has 0 aliphatic heterocycles. The molecule has 2 heterocycles. The molecule has 0 bridgehead atoms. The van der Waals surface area contributed by atoms with Crippen LogP contribution in [0.15, 0.2) is 59.2 Å². The van der Waals surface area contributed by atoms with Gasteiger partial charge in [0.25, 0.3) is 0 Å². The fourth-order valence-corrected chi connectivity index (χ4v) is 2.74. The zero-order valence-electron chi connectivity index (χ0n) is 10.5. The van der Waals surface area contributed by atoms with E-state index in [1.54, 1.807) is 0 Å². The number of aromatic amines is 1. The zero-order valence-corrected chi connectivity index (χ0v) is 12.1. The normalized spacial score (nSPS) is 11.2. The SMILES string of the molecule is Brc1ccc2[nH]c3nc(-c4ccccc4)ncc3c2c1. The number of nitrogens with zero attached hydrogens (tertiary/aromatic N) is 2. The first-order chi connectivity index (χ1) is 9.81. The standard InChI is InChI=1S/C16H10BrN3/c17-11-6-7-14-12(8-11)13-9-18-15(20-16(13)19-14)10-4-2-1-3-5-10/h1-9H,(H,18,19,20). The lowest BCUT2D eigenvalue weighted by atomic mass is 10.2. The first-order valence-electron chi connectivity index (χ1n) is 6.31. The maximum Gasteiger partial charge on any atom is 0.161 e. The Labute approximate surface area is 123 Å². The van der Waals surface area contributed by atoms with E-state index in [2.05, 4.69) is 36.9 Å². The van der Waals surface area contributed by atoms with Crippen molar-refractivity contribution in [3.63, 3.8) is 0 Å². The van der Waals surface area contributed by atoms with Crippen molar-refractivity contribution < 1.29 is 0 Å². The van der Waals surface area contributed by atoms with Crippen molar-refractivity contribution in [2.24, 2.45) is 0 Å². The molecule has 4 rings (SSSR count). The van der Waals surface area contributed by atoms with Gasteiger partial charge in [-0.1, -0.05) is 46.3 Å². The van der Waals surface area contributed by atoms with Crippen molar-refractivity contribution in [3.05, 3.63) is 59.2 Å². The van der Waals surface area contributed by atoms with E-state index >= 15 is 0 Å². The molecule has 20 heavy (non-hydrogen) atoms. The number of halogens is 1. The molecule has 0 spiro atoms. The second-order valence-corrected chi connectivity index (χ2v) is 5.55. The smallest absolute Gasteiger partial charge is 0.161 e. The number of benzene rings is 2. The molecule has 3 nitrogen and oxygen atoms in total. The molecular weight excluding hydrogens is 314 g/mol. The summed E-state index contributed by atoms with van der Waals surface area (Å²) in [5, 5.41) is 2.18. The summed E-state index contributed by atoms with van der Waals surface area (Å²) in [6.45, 7) is 0. The maximum atomic E-state index is 4.63. The van der Waals surface area contributed by atoms with Crippen molar-refractivity contribution in [3.8, 4) is 11.4 Å². The first kappa shape index (κ1) is 11.6. The quantitative estimate of drug-likeness (QED) is 0.558.